The average Bonchev–Trinajstić information content (AvgIpc) is 3.08. The van der Waals surface area contributed by atoms with Crippen molar-refractivity contribution in [2.24, 2.45) is 0 Å². The summed E-state index contributed by atoms with van der Waals surface area (Å²) in [4.78, 5) is 23.2. The molecule has 0 heterocycles. The number of carboxylic acid groups (broad SMARTS) is 1. The fraction of sp³-hybridized carbons (Fsp3) is 0.579. The molecule has 1 aliphatic rings. The fourth-order valence-electron chi connectivity index (χ4n) is 3.37. The number of rotatable bonds is 9. The van der Waals surface area contributed by atoms with Crippen LogP contribution in [-0.4, -0.2) is 42.4 Å². The Hall–Kier alpha value is -2.08. The van der Waals surface area contributed by atoms with Crippen molar-refractivity contribution >= 4 is 12.0 Å². The quantitative estimate of drug-likeness (QED) is 0.640. The number of benzene rings is 1. The lowest BCUT2D eigenvalue weighted by Gasteiger charge is -2.28. The van der Waals surface area contributed by atoms with Crippen molar-refractivity contribution in [3.63, 3.8) is 0 Å². The van der Waals surface area contributed by atoms with E-state index in [1.807, 2.05) is 30.3 Å². The second-order valence-corrected chi connectivity index (χ2v) is 6.74. The third-order valence-electron chi connectivity index (χ3n) is 4.89. The molecular formula is C19H28N2O4. The predicted molar refractivity (Wildman–Crippen MR) is 95.5 cm³/mol. The molecule has 6 nitrogen and oxygen atoms in total. The Morgan fingerprint density at radius 3 is 2.52 bits per heavy atom. The van der Waals surface area contributed by atoms with Gasteiger partial charge in [0.1, 0.15) is 0 Å². The fourth-order valence-corrected chi connectivity index (χ4v) is 3.37. The summed E-state index contributed by atoms with van der Waals surface area (Å²) >= 11 is 0. The van der Waals surface area contributed by atoms with Gasteiger partial charge in [-0.25, -0.2) is 4.79 Å². The van der Waals surface area contributed by atoms with Crippen molar-refractivity contribution in [1.29, 1.82) is 0 Å². The lowest BCUT2D eigenvalue weighted by Crippen LogP contribution is -2.49. The van der Waals surface area contributed by atoms with Crippen LogP contribution in [0.1, 0.15) is 44.1 Å². The zero-order chi connectivity index (χ0) is 18.1. The number of hydrogen-bond acceptors (Lipinski definition) is 3. The van der Waals surface area contributed by atoms with Gasteiger partial charge in [-0.2, -0.15) is 0 Å². The van der Waals surface area contributed by atoms with Gasteiger partial charge in [-0.05, 0) is 31.2 Å². The highest BCUT2D eigenvalue weighted by Gasteiger charge is 2.34. The smallest absolute Gasteiger partial charge is 0.315 e. The molecule has 2 rings (SSSR count). The number of carbonyl (C=O) groups is 2. The van der Waals surface area contributed by atoms with Gasteiger partial charge in [-0.1, -0.05) is 43.2 Å². The first-order valence-corrected chi connectivity index (χ1v) is 8.88. The van der Waals surface area contributed by atoms with Crippen LogP contribution >= 0.6 is 0 Å². The molecule has 25 heavy (non-hydrogen) atoms. The van der Waals surface area contributed by atoms with Gasteiger partial charge in [0, 0.05) is 26.1 Å². The lowest BCUT2D eigenvalue weighted by molar-refractivity contribution is -0.137. The molecule has 0 aliphatic heterocycles. The van der Waals surface area contributed by atoms with Crippen molar-refractivity contribution in [3.8, 4) is 0 Å². The zero-order valence-corrected chi connectivity index (χ0v) is 14.8. The van der Waals surface area contributed by atoms with Crippen molar-refractivity contribution in [1.82, 2.24) is 10.6 Å². The number of hydrogen-bond donors (Lipinski definition) is 3. The number of urea groups is 1. The minimum atomic E-state index is -0.857. The van der Waals surface area contributed by atoms with Crippen molar-refractivity contribution in [2.45, 2.75) is 56.6 Å². The number of nitrogens with one attached hydrogen (secondary N) is 2. The van der Waals surface area contributed by atoms with E-state index in [2.05, 4.69) is 10.6 Å². The second-order valence-electron chi connectivity index (χ2n) is 6.74. The molecule has 0 saturated heterocycles. The van der Waals surface area contributed by atoms with Crippen LogP contribution in [0.15, 0.2) is 30.3 Å². The molecule has 1 saturated carbocycles. The topological polar surface area (TPSA) is 87.7 Å². The maximum Gasteiger partial charge on any atom is 0.315 e. The molecule has 0 spiro atoms. The molecule has 1 atom stereocenters. The van der Waals surface area contributed by atoms with Gasteiger partial charge in [0.2, 0.25) is 0 Å². The van der Waals surface area contributed by atoms with Crippen LogP contribution in [0.25, 0.3) is 0 Å². The van der Waals surface area contributed by atoms with E-state index in [0.717, 1.165) is 31.2 Å². The predicted octanol–water partition coefficient (Wildman–Crippen LogP) is 2.72. The van der Waals surface area contributed by atoms with E-state index in [1.165, 1.54) is 0 Å². The van der Waals surface area contributed by atoms with Crippen LogP contribution in [0.4, 0.5) is 4.79 Å². The molecule has 1 aliphatic carbocycles. The van der Waals surface area contributed by atoms with Crippen LogP contribution < -0.4 is 10.6 Å². The van der Waals surface area contributed by atoms with Gasteiger partial charge in [-0.3, -0.25) is 4.79 Å². The van der Waals surface area contributed by atoms with Crippen molar-refractivity contribution in [3.05, 3.63) is 35.9 Å². The second kappa shape index (κ2) is 9.42. The van der Waals surface area contributed by atoms with Gasteiger partial charge in [0.05, 0.1) is 5.60 Å². The van der Waals surface area contributed by atoms with Crippen LogP contribution in [0.5, 0.6) is 0 Å². The van der Waals surface area contributed by atoms with E-state index < -0.39 is 5.97 Å². The van der Waals surface area contributed by atoms with Crippen LogP contribution in [0.2, 0.25) is 0 Å². The first-order chi connectivity index (χ1) is 12.0. The zero-order valence-electron chi connectivity index (χ0n) is 14.8. The van der Waals surface area contributed by atoms with Crippen molar-refractivity contribution in [2.75, 3.05) is 13.7 Å². The normalized spacial score (nSPS) is 17.0. The monoisotopic (exact) mass is 348 g/mol. The molecule has 138 valence electrons. The summed E-state index contributed by atoms with van der Waals surface area (Å²) in [5.74, 6) is -0.857. The average molecular weight is 348 g/mol. The summed E-state index contributed by atoms with van der Waals surface area (Å²) in [5, 5.41) is 14.7. The number of amides is 2. The third-order valence-corrected chi connectivity index (χ3v) is 4.89. The first-order valence-electron chi connectivity index (χ1n) is 8.88. The Morgan fingerprint density at radius 2 is 1.92 bits per heavy atom. The highest BCUT2D eigenvalue weighted by molar-refractivity contribution is 5.74. The van der Waals surface area contributed by atoms with Crippen LogP contribution in [0.3, 0.4) is 0 Å². The molecule has 0 bridgehead atoms. The number of aliphatic carboxylic acids is 1. The van der Waals surface area contributed by atoms with E-state index in [9.17, 15) is 9.59 Å². The first kappa shape index (κ1) is 19.2. The van der Waals surface area contributed by atoms with Crippen LogP contribution in [-0.2, 0) is 16.0 Å². The van der Waals surface area contributed by atoms with E-state index in [0.29, 0.717) is 19.4 Å². The molecule has 0 radical (unpaired) electrons. The number of carbonyl (C=O) groups excluding carboxylic acids is 1. The largest absolute Gasteiger partial charge is 0.481 e. The van der Waals surface area contributed by atoms with Gasteiger partial charge in [0.15, 0.2) is 0 Å². The van der Waals surface area contributed by atoms with Gasteiger partial charge in [-0.15, -0.1) is 0 Å². The Bertz CT molecular complexity index is 556. The SMILES string of the molecule is COC1(CNC(=O)NC(CCC(=O)O)Cc2ccccc2)CCCC1. The molecule has 3 N–H and O–H groups in total. The number of carboxylic acids is 1. The highest BCUT2D eigenvalue weighted by Crippen LogP contribution is 2.31. The summed E-state index contributed by atoms with van der Waals surface area (Å²) in [5.41, 5.74) is 0.815. The number of methoxy groups -OCH3 is 1. The van der Waals surface area contributed by atoms with E-state index in [4.69, 9.17) is 9.84 Å². The molecule has 1 unspecified atom stereocenters. The van der Waals surface area contributed by atoms with E-state index >= 15 is 0 Å². The minimum Gasteiger partial charge on any atom is -0.481 e. The Kier molecular flexibility index (Phi) is 7.25. The Labute approximate surface area is 149 Å². The maximum absolute atomic E-state index is 12.3. The lowest BCUT2D eigenvalue weighted by atomic mass is 10.0. The molecule has 2 amide bonds. The maximum atomic E-state index is 12.3. The summed E-state index contributed by atoms with van der Waals surface area (Å²) in [6.07, 6.45) is 5.18. The third kappa shape index (κ3) is 6.38. The van der Waals surface area contributed by atoms with Gasteiger partial charge < -0.3 is 20.5 Å². The van der Waals surface area contributed by atoms with Gasteiger partial charge in [0.25, 0.3) is 0 Å². The Morgan fingerprint density at radius 1 is 1.24 bits per heavy atom. The minimum absolute atomic E-state index is 0.0276. The van der Waals surface area contributed by atoms with E-state index in [1.54, 1.807) is 7.11 Å². The molecule has 6 heteroatoms. The molecule has 1 aromatic rings. The molecular weight excluding hydrogens is 320 g/mol. The summed E-state index contributed by atoms with van der Waals surface area (Å²) in [6, 6.07) is 9.27. The molecule has 0 aromatic heterocycles. The summed E-state index contributed by atoms with van der Waals surface area (Å²) < 4.78 is 5.61. The molecule has 1 aromatic carbocycles. The molecule has 1 fully saturated rings. The van der Waals surface area contributed by atoms with E-state index in [-0.39, 0.29) is 24.1 Å². The van der Waals surface area contributed by atoms with Gasteiger partial charge >= 0.3 is 12.0 Å². The Balaban J connectivity index is 1.88. The number of ether oxygens (including phenoxy) is 1. The highest BCUT2D eigenvalue weighted by atomic mass is 16.5. The summed E-state index contributed by atoms with van der Waals surface area (Å²) in [7, 11) is 1.69. The van der Waals surface area contributed by atoms with Crippen molar-refractivity contribution < 1.29 is 19.4 Å². The van der Waals surface area contributed by atoms with Crippen LogP contribution in [0, 0.1) is 0 Å². The summed E-state index contributed by atoms with van der Waals surface area (Å²) in [6.45, 7) is 0.478. The standard InChI is InChI=1S/C19H28N2O4/c1-25-19(11-5-6-12-19)14-20-18(24)21-16(9-10-17(22)23)13-15-7-3-2-4-8-15/h2-4,7-8,16H,5-6,9-14H2,1H3,(H,22,23)(H2,20,21,24).